The minimum absolute atomic E-state index is 0.0854. The Kier molecular flexibility index (Phi) is 9.17. The standard InChI is InChI=1S/C12H23NO8P2/c1-3-10(2)11(12(14)15)13(6-4-8-22(16,17)18)7-5-9-23(19,20)21/h4-5,8-11H,3,6-7H2,1-2H3,(H,14,15)(H2,16,17,18)(H2,19,20,21)/t10-,11-/m0/s1. The number of rotatable bonds is 10. The summed E-state index contributed by atoms with van der Waals surface area (Å²) in [7, 11) is -8.71. The molecule has 0 radical (unpaired) electrons. The minimum Gasteiger partial charge on any atom is -0.480 e. The number of hydrogen-bond donors (Lipinski definition) is 5. The van der Waals surface area contributed by atoms with E-state index in [0.29, 0.717) is 18.1 Å². The quantitative estimate of drug-likeness (QED) is 0.356. The van der Waals surface area contributed by atoms with Crippen molar-refractivity contribution in [3.05, 3.63) is 23.8 Å². The third-order valence-electron chi connectivity index (χ3n) is 3.11. The normalized spacial score (nSPS) is 16.3. The highest BCUT2D eigenvalue weighted by molar-refractivity contribution is 7.55. The maximum absolute atomic E-state index is 11.5. The summed E-state index contributed by atoms with van der Waals surface area (Å²) in [6, 6.07) is -0.956. The fraction of sp³-hybridized carbons (Fsp3) is 0.583. The van der Waals surface area contributed by atoms with Gasteiger partial charge in [0.05, 0.1) is 0 Å². The third-order valence-corrected chi connectivity index (χ3v) is 4.31. The maximum atomic E-state index is 11.5. The average molecular weight is 371 g/mol. The van der Waals surface area contributed by atoms with Gasteiger partial charge in [0.1, 0.15) is 6.04 Å². The van der Waals surface area contributed by atoms with Gasteiger partial charge in [-0.2, -0.15) is 0 Å². The topological polar surface area (TPSA) is 156 Å². The van der Waals surface area contributed by atoms with Crippen molar-refractivity contribution in [2.45, 2.75) is 26.3 Å². The summed E-state index contributed by atoms with van der Waals surface area (Å²) in [6.07, 6.45) is 2.84. The van der Waals surface area contributed by atoms with Crippen LogP contribution in [0.3, 0.4) is 0 Å². The van der Waals surface area contributed by atoms with Crippen LogP contribution in [0.1, 0.15) is 20.3 Å². The van der Waals surface area contributed by atoms with Crippen molar-refractivity contribution in [3.8, 4) is 0 Å². The van der Waals surface area contributed by atoms with Crippen molar-refractivity contribution >= 4 is 21.2 Å². The highest BCUT2D eigenvalue weighted by Crippen LogP contribution is 2.36. The second-order valence-electron chi connectivity index (χ2n) is 5.07. The predicted octanol–water partition coefficient (Wildman–Crippen LogP) is 1.17. The maximum Gasteiger partial charge on any atom is 0.348 e. The van der Waals surface area contributed by atoms with Gasteiger partial charge >= 0.3 is 21.2 Å². The first-order chi connectivity index (χ1) is 10.4. The molecule has 0 aliphatic carbocycles. The molecule has 0 fully saturated rings. The number of aliphatic carboxylic acids is 1. The Morgan fingerprint density at radius 3 is 1.70 bits per heavy atom. The fourth-order valence-electron chi connectivity index (χ4n) is 1.92. The first-order valence-corrected chi connectivity index (χ1v) is 10.2. The Bertz CT molecular complexity index is 501. The van der Waals surface area contributed by atoms with Crippen LogP contribution in [-0.2, 0) is 13.9 Å². The van der Waals surface area contributed by atoms with Gasteiger partial charge in [0.25, 0.3) is 0 Å². The highest BCUT2D eigenvalue weighted by Gasteiger charge is 2.29. The molecule has 0 unspecified atom stereocenters. The van der Waals surface area contributed by atoms with Gasteiger partial charge in [-0.1, -0.05) is 32.4 Å². The van der Waals surface area contributed by atoms with Crippen LogP contribution < -0.4 is 0 Å². The van der Waals surface area contributed by atoms with Crippen LogP contribution in [0.15, 0.2) is 23.8 Å². The molecule has 134 valence electrons. The number of hydrogen-bond acceptors (Lipinski definition) is 4. The summed E-state index contributed by atoms with van der Waals surface area (Å²) in [5, 5.41) is 9.37. The lowest BCUT2D eigenvalue weighted by Crippen LogP contribution is -2.45. The molecular formula is C12H23NO8P2. The van der Waals surface area contributed by atoms with Crippen LogP contribution in [0.2, 0.25) is 0 Å². The van der Waals surface area contributed by atoms with Gasteiger partial charge in [-0.05, 0) is 5.92 Å². The van der Waals surface area contributed by atoms with E-state index in [1.807, 2.05) is 0 Å². The van der Waals surface area contributed by atoms with Crippen LogP contribution in [-0.4, -0.2) is 54.7 Å². The lowest BCUT2D eigenvalue weighted by atomic mass is 9.97. The Hall–Kier alpha value is -0.790. The molecule has 11 heteroatoms. The zero-order chi connectivity index (χ0) is 18.3. The van der Waals surface area contributed by atoms with Crippen molar-refractivity contribution in [1.82, 2.24) is 4.90 Å². The first kappa shape index (κ1) is 22.2. The van der Waals surface area contributed by atoms with E-state index in [4.69, 9.17) is 19.6 Å². The Morgan fingerprint density at radius 1 is 1.04 bits per heavy atom. The number of carboxylic acid groups (broad SMARTS) is 1. The molecule has 23 heavy (non-hydrogen) atoms. The summed E-state index contributed by atoms with van der Waals surface area (Å²) in [6.45, 7) is 3.34. The first-order valence-electron chi connectivity index (χ1n) is 6.80. The molecule has 0 aromatic carbocycles. The van der Waals surface area contributed by atoms with Crippen molar-refractivity contribution in [2.75, 3.05) is 13.1 Å². The third kappa shape index (κ3) is 10.6. The average Bonchev–Trinajstić information content (AvgIpc) is 2.34. The van der Waals surface area contributed by atoms with Gasteiger partial charge in [-0.15, -0.1) is 0 Å². The molecule has 0 spiro atoms. The van der Waals surface area contributed by atoms with E-state index >= 15 is 0 Å². The molecule has 0 amide bonds. The molecule has 0 aromatic heterocycles. The minimum atomic E-state index is -4.36. The van der Waals surface area contributed by atoms with Crippen molar-refractivity contribution in [2.24, 2.45) is 5.92 Å². The molecule has 0 bridgehead atoms. The van der Waals surface area contributed by atoms with Gasteiger partial charge < -0.3 is 24.7 Å². The Balaban J connectivity index is 5.29. The Morgan fingerprint density at radius 2 is 1.43 bits per heavy atom. The summed E-state index contributed by atoms with van der Waals surface area (Å²) in [4.78, 5) is 48.0. The van der Waals surface area contributed by atoms with E-state index in [9.17, 15) is 19.0 Å². The van der Waals surface area contributed by atoms with E-state index in [1.165, 1.54) is 4.90 Å². The SMILES string of the molecule is CC[C@H](C)[C@@H](C(=O)O)N(CC=CP(=O)(O)O)CC=CP(=O)(O)O. The van der Waals surface area contributed by atoms with E-state index in [1.54, 1.807) is 13.8 Å². The fourth-order valence-corrected chi connectivity index (χ4v) is 2.66. The molecule has 0 saturated heterocycles. The molecule has 2 atom stereocenters. The predicted molar refractivity (Wildman–Crippen MR) is 84.8 cm³/mol. The second-order valence-corrected chi connectivity index (χ2v) is 8.02. The van der Waals surface area contributed by atoms with E-state index in [-0.39, 0.29) is 19.0 Å². The van der Waals surface area contributed by atoms with E-state index in [0.717, 1.165) is 12.2 Å². The van der Waals surface area contributed by atoms with Crippen LogP contribution >= 0.6 is 15.2 Å². The second kappa shape index (κ2) is 9.49. The monoisotopic (exact) mass is 371 g/mol. The van der Waals surface area contributed by atoms with E-state index in [2.05, 4.69) is 0 Å². The zero-order valence-corrected chi connectivity index (χ0v) is 14.7. The van der Waals surface area contributed by atoms with Gasteiger partial charge in [-0.25, -0.2) is 0 Å². The van der Waals surface area contributed by atoms with Crippen LogP contribution in [0.25, 0.3) is 0 Å². The number of nitrogens with zero attached hydrogens (tertiary/aromatic N) is 1. The van der Waals surface area contributed by atoms with Gasteiger partial charge in [0.2, 0.25) is 0 Å². The van der Waals surface area contributed by atoms with Crippen LogP contribution in [0.4, 0.5) is 0 Å². The van der Waals surface area contributed by atoms with Gasteiger partial charge in [-0.3, -0.25) is 18.8 Å². The lowest BCUT2D eigenvalue weighted by molar-refractivity contribution is -0.144. The van der Waals surface area contributed by atoms with Crippen molar-refractivity contribution < 1.29 is 38.6 Å². The van der Waals surface area contributed by atoms with Crippen LogP contribution in [0, 0.1) is 5.92 Å². The van der Waals surface area contributed by atoms with E-state index < -0.39 is 27.2 Å². The highest BCUT2D eigenvalue weighted by atomic mass is 31.2. The zero-order valence-electron chi connectivity index (χ0n) is 12.9. The van der Waals surface area contributed by atoms with Crippen molar-refractivity contribution in [1.29, 1.82) is 0 Å². The molecule has 0 aliphatic rings. The summed E-state index contributed by atoms with van der Waals surface area (Å²) in [5.74, 6) is -0.0438. The Labute approximate surface area is 134 Å². The molecular weight excluding hydrogens is 348 g/mol. The largest absolute Gasteiger partial charge is 0.480 e. The summed E-state index contributed by atoms with van der Waals surface area (Å²) in [5.41, 5.74) is 0. The summed E-state index contributed by atoms with van der Waals surface area (Å²) < 4.78 is 21.6. The molecule has 0 rings (SSSR count). The lowest BCUT2D eigenvalue weighted by Gasteiger charge is -2.30. The van der Waals surface area contributed by atoms with Gasteiger partial charge in [0.15, 0.2) is 0 Å². The van der Waals surface area contributed by atoms with Crippen LogP contribution in [0.5, 0.6) is 0 Å². The molecule has 0 aliphatic heterocycles. The number of carboxylic acids is 1. The molecule has 0 saturated carbocycles. The molecule has 0 aromatic rings. The van der Waals surface area contributed by atoms with Crippen molar-refractivity contribution in [3.63, 3.8) is 0 Å². The number of carbonyl (C=O) groups is 1. The smallest absolute Gasteiger partial charge is 0.348 e. The molecule has 5 N–H and O–H groups in total. The summed E-state index contributed by atoms with van der Waals surface area (Å²) >= 11 is 0. The van der Waals surface area contributed by atoms with Gasteiger partial charge in [0, 0.05) is 24.7 Å². The molecule has 0 heterocycles. The molecule has 9 nitrogen and oxygen atoms in total.